The molecule has 0 aliphatic carbocycles. The van der Waals surface area contributed by atoms with Crippen molar-refractivity contribution in [2.45, 2.75) is 26.2 Å². The van der Waals surface area contributed by atoms with E-state index in [1.807, 2.05) is 24.3 Å². The summed E-state index contributed by atoms with van der Waals surface area (Å²) < 4.78 is 4.62. The highest BCUT2D eigenvalue weighted by molar-refractivity contribution is 5.89. The van der Waals surface area contributed by atoms with Gasteiger partial charge >= 0.3 is 5.97 Å². The van der Waals surface area contributed by atoms with Crippen molar-refractivity contribution in [3.05, 3.63) is 35.4 Å². The van der Waals surface area contributed by atoms with Gasteiger partial charge < -0.3 is 4.74 Å². The quantitative estimate of drug-likeness (QED) is 0.688. The highest BCUT2D eigenvalue weighted by atomic mass is 16.5. The van der Waals surface area contributed by atoms with Crippen LogP contribution in [-0.2, 0) is 4.74 Å². The molecular weight excluding hydrogens is 176 g/mol. The van der Waals surface area contributed by atoms with Gasteiger partial charge in [-0.15, -0.1) is 0 Å². The summed E-state index contributed by atoms with van der Waals surface area (Å²) in [4.78, 5) is 11.1. The van der Waals surface area contributed by atoms with Crippen molar-refractivity contribution in [1.29, 1.82) is 0 Å². The van der Waals surface area contributed by atoms with Crippen LogP contribution in [0.1, 0.15) is 42.1 Å². The molecule has 0 fully saturated rings. The van der Waals surface area contributed by atoms with Crippen LogP contribution in [0.5, 0.6) is 0 Å². The van der Waals surface area contributed by atoms with Crippen LogP contribution in [0.15, 0.2) is 24.3 Å². The zero-order valence-electron chi connectivity index (χ0n) is 8.91. The SMILES string of the molecule is CC[C@H](C)c1ccc(C(=O)OC)cc1. The lowest BCUT2D eigenvalue weighted by Crippen LogP contribution is -2.01. The maximum Gasteiger partial charge on any atom is 0.337 e. The molecular formula is C12H16O2. The fourth-order valence-corrected chi connectivity index (χ4v) is 1.30. The first-order chi connectivity index (χ1) is 6.69. The summed E-state index contributed by atoms with van der Waals surface area (Å²) in [5.41, 5.74) is 1.87. The zero-order valence-corrected chi connectivity index (χ0v) is 8.91. The van der Waals surface area contributed by atoms with Crippen molar-refractivity contribution in [2.24, 2.45) is 0 Å². The Labute approximate surface area is 84.9 Å². The molecule has 0 heterocycles. The third kappa shape index (κ3) is 2.34. The van der Waals surface area contributed by atoms with Crippen LogP contribution >= 0.6 is 0 Å². The molecule has 2 heteroatoms. The van der Waals surface area contributed by atoms with E-state index in [0.29, 0.717) is 11.5 Å². The fourth-order valence-electron chi connectivity index (χ4n) is 1.30. The average molecular weight is 192 g/mol. The Morgan fingerprint density at radius 3 is 2.36 bits per heavy atom. The molecule has 0 spiro atoms. The Bertz CT molecular complexity index is 301. The van der Waals surface area contributed by atoms with E-state index in [4.69, 9.17) is 0 Å². The molecule has 0 aliphatic heterocycles. The summed E-state index contributed by atoms with van der Waals surface area (Å²) >= 11 is 0. The maximum atomic E-state index is 11.1. The topological polar surface area (TPSA) is 26.3 Å². The normalized spacial score (nSPS) is 12.2. The molecule has 0 saturated heterocycles. The number of ether oxygens (including phenoxy) is 1. The van der Waals surface area contributed by atoms with Gasteiger partial charge in [0.25, 0.3) is 0 Å². The number of esters is 1. The maximum absolute atomic E-state index is 11.1. The number of carbonyl (C=O) groups is 1. The molecule has 76 valence electrons. The second-order valence-corrected chi connectivity index (χ2v) is 3.42. The first-order valence-electron chi connectivity index (χ1n) is 4.87. The molecule has 0 unspecified atom stereocenters. The van der Waals surface area contributed by atoms with E-state index >= 15 is 0 Å². The molecule has 0 bridgehead atoms. The number of methoxy groups -OCH3 is 1. The van der Waals surface area contributed by atoms with Crippen LogP contribution in [0.25, 0.3) is 0 Å². The largest absolute Gasteiger partial charge is 0.465 e. The monoisotopic (exact) mass is 192 g/mol. The van der Waals surface area contributed by atoms with E-state index in [-0.39, 0.29) is 5.97 Å². The van der Waals surface area contributed by atoms with Crippen LogP contribution in [0.2, 0.25) is 0 Å². The van der Waals surface area contributed by atoms with Gasteiger partial charge in [0.05, 0.1) is 12.7 Å². The van der Waals surface area contributed by atoms with Crippen LogP contribution in [0.3, 0.4) is 0 Å². The molecule has 0 amide bonds. The van der Waals surface area contributed by atoms with Gasteiger partial charge in [-0.25, -0.2) is 4.79 Å². The standard InChI is InChI=1S/C12H16O2/c1-4-9(2)10-5-7-11(8-6-10)12(13)14-3/h5-9H,4H2,1-3H3/t9-/m0/s1. The molecule has 0 N–H and O–H groups in total. The van der Waals surface area contributed by atoms with Gasteiger partial charge in [0.1, 0.15) is 0 Å². The lowest BCUT2D eigenvalue weighted by atomic mass is 9.98. The van der Waals surface area contributed by atoms with Crippen molar-refractivity contribution in [1.82, 2.24) is 0 Å². The Hall–Kier alpha value is -1.31. The van der Waals surface area contributed by atoms with Gasteiger partial charge in [-0.2, -0.15) is 0 Å². The first kappa shape index (κ1) is 10.8. The fraction of sp³-hybridized carbons (Fsp3) is 0.417. The van der Waals surface area contributed by atoms with Gasteiger partial charge in [-0.05, 0) is 30.0 Å². The molecule has 0 aromatic heterocycles. The van der Waals surface area contributed by atoms with Gasteiger partial charge in [-0.3, -0.25) is 0 Å². The molecule has 2 nitrogen and oxygen atoms in total. The summed E-state index contributed by atoms with van der Waals surface area (Å²) in [6.45, 7) is 4.33. The van der Waals surface area contributed by atoms with E-state index in [0.717, 1.165) is 6.42 Å². The lowest BCUT2D eigenvalue weighted by Gasteiger charge is -2.08. The van der Waals surface area contributed by atoms with E-state index in [9.17, 15) is 4.79 Å². The molecule has 1 aromatic rings. The number of hydrogen-bond acceptors (Lipinski definition) is 2. The van der Waals surface area contributed by atoms with Crippen molar-refractivity contribution in [3.63, 3.8) is 0 Å². The molecule has 0 aliphatic rings. The molecule has 1 rings (SSSR count). The third-order valence-electron chi connectivity index (χ3n) is 2.51. The van der Waals surface area contributed by atoms with E-state index < -0.39 is 0 Å². The van der Waals surface area contributed by atoms with Crippen LogP contribution in [0.4, 0.5) is 0 Å². The summed E-state index contributed by atoms with van der Waals surface area (Å²) in [5.74, 6) is 0.266. The third-order valence-corrected chi connectivity index (χ3v) is 2.51. The van der Waals surface area contributed by atoms with Crippen LogP contribution < -0.4 is 0 Å². The number of rotatable bonds is 3. The van der Waals surface area contributed by atoms with Gasteiger partial charge in [0, 0.05) is 0 Å². The summed E-state index contributed by atoms with van der Waals surface area (Å²) in [5, 5.41) is 0. The Morgan fingerprint density at radius 2 is 1.93 bits per heavy atom. The smallest absolute Gasteiger partial charge is 0.337 e. The molecule has 1 atom stereocenters. The molecule has 0 saturated carbocycles. The Kier molecular flexibility index (Phi) is 3.69. The number of hydrogen-bond donors (Lipinski definition) is 0. The Morgan fingerprint density at radius 1 is 1.36 bits per heavy atom. The lowest BCUT2D eigenvalue weighted by molar-refractivity contribution is 0.0600. The second-order valence-electron chi connectivity index (χ2n) is 3.42. The Balaban J connectivity index is 2.83. The number of carbonyl (C=O) groups excluding carboxylic acids is 1. The van der Waals surface area contributed by atoms with Gasteiger partial charge in [0.2, 0.25) is 0 Å². The average Bonchev–Trinajstić information content (AvgIpc) is 2.27. The predicted octanol–water partition coefficient (Wildman–Crippen LogP) is 2.99. The van der Waals surface area contributed by atoms with Gasteiger partial charge in [0.15, 0.2) is 0 Å². The minimum atomic E-state index is -0.277. The van der Waals surface area contributed by atoms with Gasteiger partial charge in [-0.1, -0.05) is 26.0 Å². The van der Waals surface area contributed by atoms with Crippen molar-refractivity contribution < 1.29 is 9.53 Å². The highest BCUT2D eigenvalue weighted by Gasteiger charge is 2.06. The van der Waals surface area contributed by atoms with Crippen molar-refractivity contribution in [3.8, 4) is 0 Å². The van der Waals surface area contributed by atoms with Crippen LogP contribution in [0, 0.1) is 0 Å². The number of benzene rings is 1. The summed E-state index contributed by atoms with van der Waals surface area (Å²) in [7, 11) is 1.39. The highest BCUT2D eigenvalue weighted by Crippen LogP contribution is 2.18. The van der Waals surface area contributed by atoms with Crippen molar-refractivity contribution in [2.75, 3.05) is 7.11 Å². The predicted molar refractivity (Wildman–Crippen MR) is 56.5 cm³/mol. The van der Waals surface area contributed by atoms with E-state index in [1.165, 1.54) is 12.7 Å². The molecule has 14 heavy (non-hydrogen) atoms. The molecule has 1 aromatic carbocycles. The summed E-state index contributed by atoms with van der Waals surface area (Å²) in [6, 6.07) is 7.60. The summed E-state index contributed by atoms with van der Waals surface area (Å²) in [6.07, 6.45) is 1.11. The minimum Gasteiger partial charge on any atom is -0.465 e. The van der Waals surface area contributed by atoms with E-state index in [1.54, 1.807) is 0 Å². The van der Waals surface area contributed by atoms with E-state index in [2.05, 4.69) is 18.6 Å². The van der Waals surface area contributed by atoms with Crippen LogP contribution in [-0.4, -0.2) is 13.1 Å². The molecule has 0 radical (unpaired) electrons. The minimum absolute atomic E-state index is 0.277. The second kappa shape index (κ2) is 4.80. The first-order valence-corrected chi connectivity index (χ1v) is 4.87. The van der Waals surface area contributed by atoms with Crippen molar-refractivity contribution >= 4 is 5.97 Å². The zero-order chi connectivity index (χ0) is 10.6.